The molecule has 1 heterocycles. The van der Waals surface area contributed by atoms with Gasteiger partial charge in [-0.25, -0.2) is 0 Å². The molecule has 1 aromatic carbocycles. The van der Waals surface area contributed by atoms with E-state index in [4.69, 9.17) is 4.74 Å². The summed E-state index contributed by atoms with van der Waals surface area (Å²) in [6.45, 7) is 8.68. The molecule has 3 heteroatoms. The summed E-state index contributed by atoms with van der Waals surface area (Å²) < 4.78 is 5.52. The first-order valence-electron chi connectivity index (χ1n) is 7.61. The second-order valence-electron chi connectivity index (χ2n) is 6.43. The third-order valence-corrected chi connectivity index (χ3v) is 4.15. The standard InChI is InChI=1S/C17H27NO2/c1-13(2)14-5-7-15(8-6-14)16(19)11-18-17(3)9-4-10-20-12-17/h5-8,13,16,18-19H,4,9-12H2,1-3H3. The van der Waals surface area contributed by atoms with Crippen molar-refractivity contribution in [3.63, 3.8) is 0 Å². The lowest BCUT2D eigenvalue weighted by Crippen LogP contribution is -2.50. The number of hydrogen-bond acceptors (Lipinski definition) is 3. The molecule has 1 aliphatic heterocycles. The maximum atomic E-state index is 10.3. The van der Waals surface area contributed by atoms with Crippen LogP contribution in [0.15, 0.2) is 24.3 Å². The van der Waals surface area contributed by atoms with E-state index in [1.54, 1.807) is 0 Å². The van der Waals surface area contributed by atoms with Crippen molar-refractivity contribution < 1.29 is 9.84 Å². The van der Waals surface area contributed by atoms with Gasteiger partial charge in [0.1, 0.15) is 0 Å². The number of ether oxygens (including phenoxy) is 1. The van der Waals surface area contributed by atoms with Crippen LogP contribution in [0.25, 0.3) is 0 Å². The van der Waals surface area contributed by atoms with Gasteiger partial charge in [0.05, 0.1) is 12.7 Å². The van der Waals surface area contributed by atoms with E-state index >= 15 is 0 Å². The van der Waals surface area contributed by atoms with E-state index in [1.807, 2.05) is 12.1 Å². The third kappa shape index (κ3) is 4.05. The van der Waals surface area contributed by atoms with Gasteiger partial charge >= 0.3 is 0 Å². The predicted octanol–water partition coefficient (Wildman–Crippen LogP) is 3.00. The van der Waals surface area contributed by atoms with Crippen molar-refractivity contribution in [2.45, 2.75) is 51.2 Å². The van der Waals surface area contributed by atoms with Gasteiger partial charge in [-0.2, -0.15) is 0 Å². The molecule has 2 atom stereocenters. The summed E-state index contributed by atoms with van der Waals surface area (Å²) in [6.07, 6.45) is 1.73. The summed E-state index contributed by atoms with van der Waals surface area (Å²) in [5, 5.41) is 13.8. The minimum atomic E-state index is -0.463. The maximum absolute atomic E-state index is 10.3. The summed E-state index contributed by atoms with van der Waals surface area (Å²) in [4.78, 5) is 0. The van der Waals surface area contributed by atoms with Crippen LogP contribution in [-0.2, 0) is 4.74 Å². The van der Waals surface area contributed by atoms with E-state index in [-0.39, 0.29) is 5.54 Å². The van der Waals surface area contributed by atoms with E-state index in [2.05, 4.69) is 38.2 Å². The first-order chi connectivity index (χ1) is 9.50. The van der Waals surface area contributed by atoms with Gasteiger partial charge in [0, 0.05) is 18.7 Å². The van der Waals surface area contributed by atoms with Crippen LogP contribution in [0.4, 0.5) is 0 Å². The van der Waals surface area contributed by atoms with E-state index < -0.39 is 6.10 Å². The number of aliphatic hydroxyl groups is 1. The molecule has 0 bridgehead atoms. The van der Waals surface area contributed by atoms with Gasteiger partial charge in [0.25, 0.3) is 0 Å². The molecular weight excluding hydrogens is 250 g/mol. The highest BCUT2D eigenvalue weighted by Gasteiger charge is 2.27. The van der Waals surface area contributed by atoms with Gasteiger partial charge in [-0.15, -0.1) is 0 Å². The second kappa shape index (κ2) is 6.70. The van der Waals surface area contributed by atoms with Crippen LogP contribution < -0.4 is 5.32 Å². The summed E-state index contributed by atoms with van der Waals surface area (Å²) in [7, 11) is 0. The van der Waals surface area contributed by atoms with Crippen LogP contribution in [0, 0.1) is 0 Å². The van der Waals surface area contributed by atoms with Gasteiger partial charge in [-0.05, 0) is 36.8 Å². The van der Waals surface area contributed by atoms with E-state index in [0.717, 1.165) is 31.6 Å². The topological polar surface area (TPSA) is 41.5 Å². The summed E-state index contributed by atoms with van der Waals surface area (Å²) in [6, 6.07) is 8.27. The normalized spacial score (nSPS) is 24.9. The Morgan fingerprint density at radius 3 is 2.45 bits per heavy atom. The molecule has 0 radical (unpaired) electrons. The zero-order chi connectivity index (χ0) is 14.6. The van der Waals surface area contributed by atoms with Crippen LogP contribution in [0.1, 0.15) is 56.8 Å². The molecule has 1 aromatic rings. The number of β-amino-alcohol motifs (C(OH)–C–C–N with tert-alkyl or cyclic N) is 1. The second-order valence-corrected chi connectivity index (χ2v) is 6.43. The van der Waals surface area contributed by atoms with Crippen molar-refractivity contribution in [3.05, 3.63) is 35.4 Å². The highest BCUT2D eigenvalue weighted by molar-refractivity contribution is 5.26. The SMILES string of the molecule is CC(C)c1ccc(C(O)CNC2(C)CCCOC2)cc1. The highest BCUT2D eigenvalue weighted by atomic mass is 16.5. The minimum Gasteiger partial charge on any atom is -0.387 e. The molecule has 112 valence electrons. The van der Waals surface area contributed by atoms with Crippen molar-refractivity contribution in [2.24, 2.45) is 0 Å². The fraction of sp³-hybridized carbons (Fsp3) is 0.647. The van der Waals surface area contributed by atoms with Crippen molar-refractivity contribution >= 4 is 0 Å². The molecule has 1 fully saturated rings. The van der Waals surface area contributed by atoms with E-state index in [1.165, 1.54) is 5.56 Å². The molecule has 1 saturated heterocycles. The number of benzene rings is 1. The zero-order valence-corrected chi connectivity index (χ0v) is 12.9. The monoisotopic (exact) mass is 277 g/mol. The lowest BCUT2D eigenvalue weighted by molar-refractivity contribution is 0.0221. The zero-order valence-electron chi connectivity index (χ0n) is 12.9. The van der Waals surface area contributed by atoms with Gasteiger partial charge in [-0.3, -0.25) is 0 Å². The predicted molar refractivity (Wildman–Crippen MR) is 82.0 cm³/mol. The van der Waals surface area contributed by atoms with Crippen LogP contribution in [0.3, 0.4) is 0 Å². The van der Waals surface area contributed by atoms with Crippen LogP contribution in [0.5, 0.6) is 0 Å². The molecule has 20 heavy (non-hydrogen) atoms. The van der Waals surface area contributed by atoms with Crippen molar-refractivity contribution in [1.29, 1.82) is 0 Å². The molecule has 1 aliphatic rings. The third-order valence-electron chi connectivity index (χ3n) is 4.15. The molecule has 0 amide bonds. The van der Waals surface area contributed by atoms with Crippen LogP contribution >= 0.6 is 0 Å². The Morgan fingerprint density at radius 1 is 1.25 bits per heavy atom. The Bertz CT molecular complexity index is 408. The molecule has 3 nitrogen and oxygen atoms in total. The Labute approximate surface area is 122 Å². The Kier molecular flexibility index (Phi) is 5.19. The molecule has 0 aliphatic carbocycles. The Morgan fingerprint density at radius 2 is 1.90 bits per heavy atom. The lowest BCUT2D eigenvalue weighted by Gasteiger charge is -2.35. The van der Waals surface area contributed by atoms with Gasteiger partial charge in [-0.1, -0.05) is 38.1 Å². The Hall–Kier alpha value is -0.900. The molecule has 2 unspecified atom stereocenters. The molecule has 2 N–H and O–H groups in total. The molecule has 0 aromatic heterocycles. The lowest BCUT2D eigenvalue weighted by atomic mass is 9.94. The van der Waals surface area contributed by atoms with E-state index in [0.29, 0.717) is 12.5 Å². The molecule has 0 spiro atoms. The van der Waals surface area contributed by atoms with E-state index in [9.17, 15) is 5.11 Å². The van der Waals surface area contributed by atoms with Crippen LogP contribution in [0.2, 0.25) is 0 Å². The first kappa shape index (κ1) is 15.5. The average molecular weight is 277 g/mol. The van der Waals surface area contributed by atoms with Crippen molar-refractivity contribution in [3.8, 4) is 0 Å². The smallest absolute Gasteiger partial charge is 0.0914 e. The van der Waals surface area contributed by atoms with Gasteiger partial charge in [0.2, 0.25) is 0 Å². The summed E-state index contributed by atoms with van der Waals surface area (Å²) in [5.41, 5.74) is 2.28. The Balaban J connectivity index is 1.89. The minimum absolute atomic E-state index is 0.00287. The average Bonchev–Trinajstić information content (AvgIpc) is 2.46. The molecular formula is C17H27NO2. The number of aliphatic hydroxyl groups excluding tert-OH is 1. The van der Waals surface area contributed by atoms with Crippen molar-refractivity contribution in [2.75, 3.05) is 19.8 Å². The van der Waals surface area contributed by atoms with Gasteiger partial charge < -0.3 is 15.2 Å². The summed E-state index contributed by atoms with van der Waals surface area (Å²) >= 11 is 0. The fourth-order valence-electron chi connectivity index (χ4n) is 2.64. The van der Waals surface area contributed by atoms with Crippen molar-refractivity contribution in [1.82, 2.24) is 5.32 Å². The number of hydrogen-bond donors (Lipinski definition) is 2. The molecule has 2 rings (SSSR count). The highest BCUT2D eigenvalue weighted by Crippen LogP contribution is 2.21. The number of nitrogens with one attached hydrogen (secondary N) is 1. The first-order valence-corrected chi connectivity index (χ1v) is 7.61. The van der Waals surface area contributed by atoms with Crippen LogP contribution in [-0.4, -0.2) is 30.4 Å². The van der Waals surface area contributed by atoms with Gasteiger partial charge in [0.15, 0.2) is 0 Å². The molecule has 0 saturated carbocycles. The fourth-order valence-corrected chi connectivity index (χ4v) is 2.64. The summed E-state index contributed by atoms with van der Waals surface area (Å²) in [5.74, 6) is 0.526. The number of rotatable bonds is 5. The maximum Gasteiger partial charge on any atom is 0.0914 e. The quantitative estimate of drug-likeness (QED) is 0.869. The largest absolute Gasteiger partial charge is 0.387 e.